The minimum Gasteiger partial charge on any atom is -0.454 e. The molecule has 118 valence electrons. The molecule has 0 radical (unpaired) electrons. The Morgan fingerprint density at radius 2 is 2.14 bits per heavy atom. The van der Waals surface area contributed by atoms with Gasteiger partial charge in [0.25, 0.3) is 0 Å². The highest BCUT2D eigenvalue weighted by Crippen LogP contribution is 2.36. The van der Waals surface area contributed by atoms with E-state index in [0.29, 0.717) is 6.79 Å². The molecule has 1 aliphatic rings. The second-order valence-corrected chi connectivity index (χ2v) is 6.40. The Kier molecular flexibility index (Phi) is 4.92. The summed E-state index contributed by atoms with van der Waals surface area (Å²) in [7, 11) is 4.19. The Morgan fingerprint density at radius 3 is 3.00 bits per heavy atom. The van der Waals surface area contributed by atoms with Crippen LogP contribution in [-0.2, 0) is 6.54 Å². The SMILES string of the molecule is CN(C)CCCNCc1csc(-c2ccc3c(c2)OCO3)n1. The molecule has 0 aliphatic carbocycles. The average molecular weight is 319 g/mol. The summed E-state index contributed by atoms with van der Waals surface area (Å²) in [6, 6.07) is 5.97. The van der Waals surface area contributed by atoms with Crippen molar-refractivity contribution >= 4 is 11.3 Å². The molecule has 1 N–H and O–H groups in total. The third-order valence-corrected chi connectivity index (χ3v) is 4.38. The zero-order valence-electron chi connectivity index (χ0n) is 13.0. The lowest BCUT2D eigenvalue weighted by atomic mass is 10.2. The van der Waals surface area contributed by atoms with Crippen LogP contribution in [0.4, 0.5) is 0 Å². The number of ether oxygens (including phenoxy) is 2. The van der Waals surface area contributed by atoms with Crippen molar-refractivity contribution in [2.24, 2.45) is 0 Å². The Labute approximate surface area is 134 Å². The third kappa shape index (κ3) is 3.76. The lowest BCUT2D eigenvalue weighted by Crippen LogP contribution is -2.21. The zero-order valence-corrected chi connectivity index (χ0v) is 13.8. The predicted octanol–water partition coefficient (Wildman–Crippen LogP) is 2.58. The fourth-order valence-electron chi connectivity index (χ4n) is 2.29. The Hall–Kier alpha value is -1.63. The number of nitrogens with one attached hydrogen (secondary N) is 1. The van der Waals surface area contributed by atoms with Gasteiger partial charge in [0.2, 0.25) is 6.79 Å². The minimum atomic E-state index is 0.304. The van der Waals surface area contributed by atoms with Gasteiger partial charge in [-0.25, -0.2) is 4.98 Å². The second kappa shape index (κ2) is 7.09. The van der Waals surface area contributed by atoms with Crippen molar-refractivity contribution in [3.63, 3.8) is 0 Å². The maximum atomic E-state index is 5.42. The lowest BCUT2D eigenvalue weighted by molar-refractivity contribution is 0.174. The molecule has 1 aromatic heterocycles. The number of aromatic nitrogens is 1. The first-order chi connectivity index (χ1) is 10.7. The van der Waals surface area contributed by atoms with Crippen LogP contribution < -0.4 is 14.8 Å². The van der Waals surface area contributed by atoms with Crippen LogP contribution in [0.3, 0.4) is 0 Å². The molecule has 0 amide bonds. The molecule has 0 spiro atoms. The van der Waals surface area contributed by atoms with Crippen molar-refractivity contribution in [3.8, 4) is 22.1 Å². The molecule has 1 aromatic carbocycles. The molecular formula is C16H21N3O2S. The van der Waals surface area contributed by atoms with Gasteiger partial charge in [-0.05, 0) is 51.8 Å². The molecule has 0 bridgehead atoms. The summed E-state index contributed by atoms with van der Waals surface area (Å²) in [5.74, 6) is 1.61. The molecule has 0 saturated carbocycles. The van der Waals surface area contributed by atoms with Gasteiger partial charge >= 0.3 is 0 Å². The van der Waals surface area contributed by atoms with Gasteiger partial charge < -0.3 is 19.7 Å². The molecule has 2 heterocycles. The van der Waals surface area contributed by atoms with E-state index in [1.807, 2.05) is 18.2 Å². The number of benzene rings is 1. The Balaban J connectivity index is 1.55. The first-order valence-electron chi connectivity index (χ1n) is 7.42. The summed E-state index contributed by atoms with van der Waals surface area (Å²) >= 11 is 1.66. The van der Waals surface area contributed by atoms with Crippen LogP contribution in [0, 0.1) is 0 Å². The standard InChI is InChI=1S/C16H21N3O2S/c1-19(2)7-3-6-17-9-13-10-22-16(18-13)12-4-5-14-15(8-12)21-11-20-14/h4-5,8,10,17H,3,6-7,9,11H2,1-2H3. The van der Waals surface area contributed by atoms with Crippen LogP contribution >= 0.6 is 11.3 Å². The smallest absolute Gasteiger partial charge is 0.231 e. The van der Waals surface area contributed by atoms with Gasteiger partial charge in [0.15, 0.2) is 11.5 Å². The molecule has 0 atom stereocenters. The van der Waals surface area contributed by atoms with Crippen LogP contribution in [0.25, 0.3) is 10.6 Å². The van der Waals surface area contributed by atoms with Crippen LogP contribution in [0.15, 0.2) is 23.6 Å². The van der Waals surface area contributed by atoms with Crippen molar-refractivity contribution in [2.45, 2.75) is 13.0 Å². The predicted molar refractivity (Wildman–Crippen MR) is 88.6 cm³/mol. The van der Waals surface area contributed by atoms with Gasteiger partial charge in [0.05, 0.1) is 5.69 Å². The van der Waals surface area contributed by atoms with Crippen LogP contribution in [-0.4, -0.2) is 43.9 Å². The van der Waals surface area contributed by atoms with Crippen molar-refractivity contribution in [3.05, 3.63) is 29.3 Å². The Bertz CT molecular complexity index is 628. The van der Waals surface area contributed by atoms with Gasteiger partial charge in [-0.3, -0.25) is 0 Å². The summed E-state index contributed by atoms with van der Waals surface area (Å²) in [4.78, 5) is 6.88. The number of hydrogen-bond acceptors (Lipinski definition) is 6. The van der Waals surface area contributed by atoms with Crippen molar-refractivity contribution in [1.29, 1.82) is 0 Å². The first-order valence-corrected chi connectivity index (χ1v) is 8.30. The van der Waals surface area contributed by atoms with E-state index in [-0.39, 0.29) is 0 Å². The number of hydrogen-bond donors (Lipinski definition) is 1. The molecule has 2 aromatic rings. The van der Waals surface area contributed by atoms with E-state index < -0.39 is 0 Å². The molecule has 6 heteroatoms. The number of thiazole rings is 1. The van der Waals surface area contributed by atoms with E-state index in [4.69, 9.17) is 9.47 Å². The van der Waals surface area contributed by atoms with Gasteiger partial charge in [-0.15, -0.1) is 11.3 Å². The zero-order chi connectivity index (χ0) is 15.4. The summed E-state index contributed by atoms with van der Waals surface area (Å²) in [5.41, 5.74) is 2.16. The van der Waals surface area contributed by atoms with E-state index in [0.717, 1.165) is 53.8 Å². The van der Waals surface area contributed by atoms with Gasteiger partial charge in [-0.1, -0.05) is 0 Å². The Morgan fingerprint density at radius 1 is 1.27 bits per heavy atom. The number of fused-ring (bicyclic) bond motifs is 1. The molecule has 0 fully saturated rings. The summed E-state index contributed by atoms with van der Waals surface area (Å²) < 4.78 is 10.8. The van der Waals surface area contributed by atoms with E-state index >= 15 is 0 Å². The highest BCUT2D eigenvalue weighted by atomic mass is 32.1. The highest BCUT2D eigenvalue weighted by molar-refractivity contribution is 7.13. The van der Waals surface area contributed by atoms with Gasteiger partial charge in [-0.2, -0.15) is 0 Å². The van der Waals surface area contributed by atoms with Crippen molar-refractivity contribution < 1.29 is 9.47 Å². The fourth-order valence-corrected chi connectivity index (χ4v) is 3.10. The van der Waals surface area contributed by atoms with Crippen molar-refractivity contribution in [1.82, 2.24) is 15.2 Å². The molecule has 5 nitrogen and oxygen atoms in total. The van der Waals surface area contributed by atoms with Gasteiger partial charge in [0.1, 0.15) is 5.01 Å². The monoisotopic (exact) mass is 319 g/mol. The maximum Gasteiger partial charge on any atom is 0.231 e. The number of rotatable bonds is 7. The molecule has 1 aliphatic heterocycles. The molecule has 0 unspecified atom stereocenters. The highest BCUT2D eigenvalue weighted by Gasteiger charge is 2.15. The molecule has 3 rings (SSSR count). The largest absolute Gasteiger partial charge is 0.454 e. The second-order valence-electron chi connectivity index (χ2n) is 5.55. The molecular weight excluding hydrogens is 298 g/mol. The number of nitrogens with zero attached hydrogens (tertiary/aromatic N) is 2. The van der Waals surface area contributed by atoms with Crippen LogP contribution in [0.2, 0.25) is 0 Å². The van der Waals surface area contributed by atoms with E-state index in [1.165, 1.54) is 0 Å². The summed E-state index contributed by atoms with van der Waals surface area (Å²) in [6.45, 7) is 3.23. The molecule has 22 heavy (non-hydrogen) atoms. The quantitative estimate of drug-likeness (QED) is 0.795. The summed E-state index contributed by atoms with van der Waals surface area (Å²) in [5, 5.41) is 6.56. The topological polar surface area (TPSA) is 46.6 Å². The maximum absolute atomic E-state index is 5.42. The molecule has 0 saturated heterocycles. The van der Waals surface area contributed by atoms with Gasteiger partial charge in [0, 0.05) is 17.5 Å². The summed E-state index contributed by atoms with van der Waals surface area (Å²) in [6.07, 6.45) is 1.14. The van der Waals surface area contributed by atoms with E-state index in [2.05, 4.69) is 34.7 Å². The fraction of sp³-hybridized carbons (Fsp3) is 0.438. The van der Waals surface area contributed by atoms with E-state index in [9.17, 15) is 0 Å². The van der Waals surface area contributed by atoms with E-state index in [1.54, 1.807) is 11.3 Å². The van der Waals surface area contributed by atoms with Crippen LogP contribution in [0.5, 0.6) is 11.5 Å². The third-order valence-electron chi connectivity index (χ3n) is 3.44. The van der Waals surface area contributed by atoms with Crippen LogP contribution in [0.1, 0.15) is 12.1 Å². The lowest BCUT2D eigenvalue weighted by Gasteiger charge is -2.08. The van der Waals surface area contributed by atoms with Crippen molar-refractivity contribution in [2.75, 3.05) is 34.0 Å². The average Bonchev–Trinajstić information content (AvgIpc) is 3.14. The normalized spacial score (nSPS) is 13.0. The minimum absolute atomic E-state index is 0.304. The first kappa shape index (κ1) is 15.3.